The molecule has 0 bridgehead atoms. The Labute approximate surface area is 274 Å². The molecule has 6 rings (SSSR count). The first-order valence-electron chi connectivity index (χ1n) is 14.0. The van der Waals surface area contributed by atoms with Crippen molar-refractivity contribution in [1.29, 1.82) is 0 Å². The minimum atomic E-state index is -0.871. The van der Waals surface area contributed by atoms with Crippen molar-refractivity contribution in [3.8, 4) is 5.75 Å². The van der Waals surface area contributed by atoms with Crippen LogP contribution < -0.4 is 19.8 Å². The largest absolute Gasteiger partial charge is 0.483 e. The van der Waals surface area contributed by atoms with Crippen LogP contribution in [-0.2, 0) is 19.1 Å². The fraction of sp³-hybridized carbons (Fsp3) is 0.219. The van der Waals surface area contributed by atoms with Gasteiger partial charge in [0, 0.05) is 26.5 Å². The number of hydrogen-bond donors (Lipinski definition) is 2. The summed E-state index contributed by atoms with van der Waals surface area (Å²) in [5.41, 5.74) is 2.87. The highest BCUT2D eigenvalue weighted by Crippen LogP contribution is 2.54. The second kappa shape index (κ2) is 12.7. The van der Waals surface area contributed by atoms with Gasteiger partial charge in [0.25, 0.3) is 5.91 Å². The lowest BCUT2D eigenvalue weighted by atomic mass is 9.82. The highest BCUT2D eigenvalue weighted by molar-refractivity contribution is 9.10. The van der Waals surface area contributed by atoms with Gasteiger partial charge in [-0.15, -0.1) is 0 Å². The van der Waals surface area contributed by atoms with E-state index in [1.165, 1.54) is 24.3 Å². The zero-order chi connectivity index (χ0) is 31.8. The fourth-order valence-electron chi connectivity index (χ4n) is 5.44. The summed E-state index contributed by atoms with van der Waals surface area (Å²) in [6.07, 6.45) is 0. The molecule has 4 aromatic rings. The molecular weight excluding hydrogens is 682 g/mol. The van der Waals surface area contributed by atoms with Gasteiger partial charge < -0.3 is 19.8 Å². The highest BCUT2D eigenvalue weighted by Gasteiger charge is 2.56. The SMILES string of the molecule is CCOC(=O)c1ccc(N2C(=O)[C@H]3[C@H](c4cc(Br)ccc4OCC(=O)Nc4ccc(C)cc4)c4sc(=O)[nH]c4S[C@H]3C2=O)cc1. The average Bonchev–Trinajstić information content (AvgIpc) is 3.51. The number of fused-ring (bicyclic) bond motifs is 2. The van der Waals surface area contributed by atoms with E-state index in [9.17, 15) is 24.0 Å². The molecule has 0 unspecified atom stereocenters. The summed E-state index contributed by atoms with van der Waals surface area (Å²) in [6.45, 7) is 3.57. The molecule has 1 aromatic heterocycles. The number of esters is 1. The number of aryl methyl sites for hydroxylation is 1. The van der Waals surface area contributed by atoms with Crippen LogP contribution in [0.15, 0.2) is 81.0 Å². The average molecular weight is 709 g/mol. The van der Waals surface area contributed by atoms with E-state index in [1.54, 1.807) is 37.3 Å². The number of carbonyl (C=O) groups is 4. The molecule has 3 aromatic carbocycles. The molecule has 0 spiro atoms. The summed E-state index contributed by atoms with van der Waals surface area (Å²) >= 11 is 5.64. The van der Waals surface area contributed by atoms with Gasteiger partial charge in [-0.2, -0.15) is 0 Å². The first kappa shape index (κ1) is 30.8. The number of nitrogens with zero attached hydrogens (tertiary/aromatic N) is 1. The van der Waals surface area contributed by atoms with Crippen molar-refractivity contribution in [1.82, 2.24) is 4.98 Å². The molecule has 2 aliphatic heterocycles. The van der Waals surface area contributed by atoms with Gasteiger partial charge in [0.2, 0.25) is 11.8 Å². The molecule has 45 heavy (non-hydrogen) atoms. The smallest absolute Gasteiger partial charge is 0.338 e. The zero-order valence-corrected chi connectivity index (χ0v) is 27.2. The number of thiazole rings is 1. The van der Waals surface area contributed by atoms with Gasteiger partial charge in [0.1, 0.15) is 11.0 Å². The van der Waals surface area contributed by atoms with Crippen molar-refractivity contribution in [2.75, 3.05) is 23.4 Å². The molecule has 2 N–H and O–H groups in total. The van der Waals surface area contributed by atoms with Crippen molar-refractivity contribution < 1.29 is 28.7 Å². The number of aromatic nitrogens is 1. The van der Waals surface area contributed by atoms with Gasteiger partial charge in [-0.3, -0.25) is 19.2 Å². The Kier molecular flexibility index (Phi) is 8.67. The summed E-state index contributed by atoms with van der Waals surface area (Å²) < 4.78 is 11.8. The van der Waals surface area contributed by atoms with Gasteiger partial charge >= 0.3 is 10.8 Å². The van der Waals surface area contributed by atoms with E-state index in [2.05, 4.69) is 26.2 Å². The quantitative estimate of drug-likeness (QED) is 0.181. The Balaban J connectivity index is 1.33. The Bertz CT molecular complexity index is 1870. The third kappa shape index (κ3) is 6.07. The van der Waals surface area contributed by atoms with Crippen molar-refractivity contribution >= 4 is 74.1 Å². The standard InChI is InChI=1S/C32H26BrN3O7S2/c1-3-42-31(40)17-6-11-20(12-7-17)36-29(38)25-24(26-28(35-32(41)45-26)44-27(25)30(36)39)21-14-18(33)8-13-22(21)43-15-23(37)34-19-9-4-16(2)5-10-19/h4-14,24-25,27H,3,15H2,1-2H3,(H,34,37)(H,35,41)/t24-,25-,27+/m0/s1. The number of amides is 3. The van der Waals surface area contributed by atoms with Crippen LogP contribution in [0.1, 0.15) is 39.2 Å². The third-order valence-electron chi connectivity index (χ3n) is 7.46. The normalized spacial score (nSPS) is 18.7. The summed E-state index contributed by atoms with van der Waals surface area (Å²) in [7, 11) is 0. The van der Waals surface area contributed by atoms with Crippen LogP contribution >= 0.6 is 39.0 Å². The van der Waals surface area contributed by atoms with Gasteiger partial charge in [-0.05, 0) is 68.4 Å². The van der Waals surface area contributed by atoms with E-state index in [4.69, 9.17) is 9.47 Å². The number of H-pyrrole nitrogens is 1. The van der Waals surface area contributed by atoms with Crippen molar-refractivity contribution in [2.24, 2.45) is 5.92 Å². The van der Waals surface area contributed by atoms with Crippen LogP contribution in [0, 0.1) is 12.8 Å². The Morgan fingerprint density at radius 2 is 1.73 bits per heavy atom. The molecule has 0 radical (unpaired) electrons. The van der Waals surface area contributed by atoms with Crippen molar-refractivity contribution in [3.63, 3.8) is 0 Å². The minimum Gasteiger partial charge on any atom is -0.483 e. The molecule has 1 saturated heterocycles. The number of aromatic amines is 1. The first-order chi connectivity index (χ1) is 21.6. The van der Waals surface area contributed by atoms with Crippen LogP contribution in [-0.4, -0.2) is 47.1 Å². The Morgan fingerprint density at radius 1 is 1.00 bits per heavy atom. The van der Waals surface area contributed by atoms with E-state index in [0.717, 1.165) is 33.6 Å². The van der Waals surface area contributed by atoms with Crippen molar-refractivity contribution in [3.05, 3.63) is 102 Å². The van der Waals surface area contributed by atoms with Gasteiger partial charge in [-0.1, -0.05) is 56.7 Å². The molecular formula is C32H26BrN3O7S2. The lowest BCUT2D eigenvalue weighted by Crippen LogP contribution is -2.32. The summed E-state index contributed by atoms with van der Waals surface area (Å²) in [6, 6.07) is 18.7. The summed E-state index contributed by atoms with van der Waals surface area (Å²) in [5.74, 6) is -3.00. The predicted molar refractivity (Wildman–Crippen MR) is 174 cm³/mol. The molecule has 0 aliphatic carbocycles. The maximum absolute atomic E-state index is 14.2. The second-order valence-corrected chi connectivity index (χ2v) is 13.5. The number of thioether (sulfide) groups is 1. The van der Waals surface area contributed by atoms with E-state index >= 15 is 0 Å². The number of benzene rings is 3. The van der Waals surface area contributed by atoms with Crippen LogP contribution in [0.5, 0.6) is 5.75 Å². The fourth-order valence-corrected chi connectivity index (χ4v) is 8.32. The molecule has 0 saturated carbocycles. The number of ether oxygens (including phenoxy) is 2. The number of anilines is 2. The van der Waals surface area contributed by atoms with Crippen LogP contribution in [0.25, 0.3) is 0 Å². The van der Waals surface area contributed by atoms with E-state index in [-0.39, 0.29) is 24.0 Å². The van der Waals surface area contributed by atoms with E-state index in [1.807, 2.05) is 19.1 Å². The number of nitrogens with one attached hydrogen (secondary N) is 2. The third-order valence-corrected chi connectivity index (χ3v) is 10.4. The molecule has 230 valence electrons. The van der Waals surface area contributed by atoms with Crippen LogP contribution in [0.2, 0.25) is 0 Å². The molecule has 10 nitrogen and oxygen atoms in total. The van der Waals surface area contributed by atoms with E-state index < -0.39 is 34.9 Å². The second-order valence-electron chi connectivity index (χ2n) is 10.4. The Hall–Kier alpha value is -4.20. The number of carbonyl (C=O) groups excluding carboxylic acids is 4. The number of hydrogen-bond acceptors (Lipinski definition) is 9. The number of imide groups is 1. The highest BCUT2D eigenvalue weighted by atomic mass is 79.9. The van der Waals surface area contributed by atoms with Crippen molar-refractivity contribution in [2.45, 2.75) is 30.0 Å². The zero-order valence-electron chi connectivity index (χ0n) is 24.0. The molecule has 2 aliphatic rings. The number of halogens is 1. The molecule has 1 fully saturated rings. The van der Waals surface area contributed by atoms with E-state index in [0.29, 0.717) is 42.6 Å². The lowest BCUT2D eigenvalue weighted by molar-refractivity contribution is -0.122. The molecule has 3 amide bonds. The maximum Gasteiger partial charge on any atom is 0.338 e. The molecule has 3 heterocycles. The van der Waals surface area contributed by atoms with Gasteiger partial charge in [-0.25, -0.2) is 9.69 Å². The number of rotatable bonds is 8. The Morgan fingerprint density at radius 3 is 2.44 bits per heavy atom. The van der Waals surface area contributed by atoms with Crippen LogP contribution in [0.4, 0.5) is 11.4 Å². The topological polar surface area (TPSA) is 135 Å². The first-order valence-corrected chi connectivity index (χ1v) is 16.5. The maximum atomic E-state index is 14.2. The molecule has 13 heteroatoms. The van der Waals surface area contributed by atoms with Gasteiger partial charge in [0.15, 0.2) is 6.61 Å². The predicted octanol–water partition coefficient (Wildman–Crippen LogP) is 5.50. The monoisotopic (exact) mass is 707 g/mol. The summed E-state index contributed by atoms with van der Waals surface area (Å²) in [5, 5.41) is 2.49. The van der Waals surface area contributed by atoms with Crippen LogP contribution in [0.3, 0.4) is 0 Å². The lowest BCUT2D eigenvalue weighted by Gasteiger charge is -2.31. The van der Waals surface area contributed by atoms with Gasteiger partial charge in [0.05, 0.1) is 28.8 Å². The molecule has 3 atom stereocenters. The summed E-state index contributed by atoms with van der Waals surface area (Å²) in [4.78, 5) is 69.7. The minimum absolute atomic E-state index is 0.219.